The number of benzene rings is 1. The maximum absolute atomic E-state index is 12.1. The van der Waals surface area contributed by atoms with Crippen LogP contribution in [0.1, 0.15) is 26.3 Å². The van der Waals surface area contributed by atoms with Gasteiger partial charge in [-0.15, -0.1) is 13.2 Å². The molecule has 0 heterocycles. The summed E-state index contributed by atoms with van der Waals surface area (Å²) in [5, 5.41) is 2.38. The molecule has 0 bridgehead atoms. The average Bonchev–Trinajstić information content (AvgIpc) is 2.18. The molecule has 4 nitrogen and oxygen atoms in total. The van der Waals surface area contributed by atoms with E-state index >= 15 is 0 Å². The van der Waals surface area contributed by atoms with Crippen molar-refractivity contribution in [3.05, 3.63) is 23.8 Å². The van der Waals surface area contributed by atoms with Gasteiger partial charge in [0.1, 0.15) is 11.4 Å². The normalized spacial score (nSPS) is 11.9. The number of hydrogen-bond donors (Lipinski definition) is 1. The molecule has 7 heteroatoms. The molecule has 1 N–H and O–H groups in total. The number of alkyl halides is 3. The van der Waals surface area contributed by atoms with Crippen molar-refractivity contribution in [2.75, 3.05) is 5.32 Å². The molecule has 1 aromatic rings. The largest absolute Gasteiger partial charge is 0.573 e. The average molecular weight is 291 g/mol. The zero-order valence-corrected chi connectivity index (χ0v) is 11.6. The molecule has 0 fully saturated rings. The van der Waals surface area contributed by atoms with Crippen LogP contribution in [-0.4, -0.2) is 18.1 Å². The van der Waals surface area contributed by atoms with E-state index in [1.165, 1.54) is 12.1 Å². The molecule has 0 atom stereocenters. The molecule has 0 radical (unpaired) electrons. The van der Waals surface area contributed by atoms with E-state index < -0.39 is 23.8 Å². The molecule has 0 aliphatic rings. The number of carbonyl (C=O) groups is 1. The van der Waals surface area contributed by atoms with E-state index in [4.69, 9.17) is 4.74 Å². The second-order valence-electron chi connectivity index (χ2n) is 5.15. The van der Waals surface area contributed by atoms with Crippen LogP contribution in [0.25, 0.3) is 0 Å². The first-order valence-corrected chi connectivity index (χ1v) is 5.83. The van der Waals surface area contributed by atoms with Gasteiger partial charge in [0.25, 0.3) is 0 Å². The lowest BCUT2D eigenvalue weighted by Gasteiger charge is -2.20. The number of amides is 1. The Kier molecular flexibility index (Phi) is 4.52. The minimum Gasteiger partial charge on any atom is -0.444 e. The Hall–Kier alpha value is -1.92. The Balaban J connectivity index is 2.84. The molecule has 1 amide bonds. The quantitative estimate of drug-likeness (QED) is 0.886. The van der Waals surface area contributed by atoms with Crippen LogP contribution in [0.5, 0.6) is 5.75 Å². The van der Waals surface area contributed by atoms with Gasteiger partial charge in [0.15, 0.2) is 0 Å². The third-order valence-corrected chi connectivity index (χ3v) is 2.08. The molecule has 1 aromatic carbocycles. The zero-order valence-electron chi connectivity index (χ0n) is 11.6. The second kappa shape index (κ2) is 5.60. The molecule has 20 heavy (non-hydrogen) atoms. The highest BCUT2D eigenvalue weighted by Gasteiger charge is 2.31. The van der Waals surface area contributed by atoms with E-state index in [1.807, 2.05) is 0 Å². The SMILES string of the molecule is Cc1ccc(OC(F)(F)F)cc1NC(=O)OC(C)(C)C. The number of aryl methyl sites for hydroxylation is 1. The van der Waals surface area contributed by atoms with E-state index in [0.717, 1.165) is 6.07 Å². The number of rotatable bonds is 2. The molecule has 0 unspecified atom stereocenters. The zero-order chi connectivity index (χ0) is 15.6. The van der Waals surface area contributed by atoms with Crippen LogP contribution in [0, 0.1) is 6.92 Å². The maximum Gasteiger partial charge on any atom is 0.573 e. The van der Waals surface area contributed by atoms with Gasteiger partial charge in [0.2, 0.25) is 0 Å². The van der Waals surface area contributed by atoms with E-state index in [2.05, 4.69) is 10.1 Å². The fraction of sp³-hybridized carbons (Fsp3) is 0.462. The molecule has 112 valence electrons. The lowest BCUT2D eigenvalue weighted by atomic mass is 10.2. The molecule has 0 saturated heterocycles. The predicted octanol–water partition coefficient (Wildman–Crippen LogP) is 4.24. The van der Waals surface area contributed by atoms with Gasteiger partial charge < -0.3 is 9.47 Å². The smallest absolute Gasteiger partial charge is 0.444 e. The Labute approximate surface area is 114 Å². The van der Waals surface area contributed by atoms with Crippen molar-refractivity contribution >= 4 is 11.8 Å². The monoisotopic (exact) mass is 291 g/mol. The van der Waals surface area contributed by atoms with Crippen LogP contribution in [0.15, 0.2) is 18.2 Å². The molecule has 0 aliphatic carbocycles. The highest BCUT2D eigenvalue weighted by molar-refractivity contribution is 5.86. The molecule has 0 saturated carbocycles. The number of carbonyl (C=O) groups excluding carboxylic acids is 1. The van der Waals surface area contributed by atoms with Crippen LogP contribution in [0.2, 0.25) is 0 Å². The van der Waals surface area contributed by atoms with Crippen molar-refractivity contribution in [2.24, 2.45) is 0 Å². The number of ether oxygens (including phenoxy) is 2. The Morgan fingerprint density at radius 3 is 2.30 bits per heavy atom. The van der Waals surface area contributed by atoms with E-state index in [9.17, 15) is 18.0 Å². The number of hydrogen-bond acceptors (Lipinski definition) is 3. The lowest BCUT2D eigenvalue weighted by Crippen LogP contribution is -2.27. The van der Waals surface area contributed by atoms with E-state index in [0.29, 0.717) is 5.56 Å². The summed E-state index contributed by atoms with van der Waals surface area (Å²) in [5.41, 5.74) is 0.0873. The summed E-state index contributed by atoms with van der Waals surface area (Å²) in [4.78, 5) is 11.6. The van der Waals surface area contributed by atoms with Gasteiger partial charge in [0, 0.05) is 6.07 Å². The van der Waals surface area contributed by atoms with Gasteiger partial charge in [-0.1, -0.05) is 6.07 Å². The van der Waals surface area contributed by atoms with Gasteiger partial charge in [-0.3, -0.25) is 5.32 Å². The van der Waals surface area contributed by atoms with Crippen molar-refractivity contribution in [3.63, 3.8) is 0 Å². The summed E-state index contributed by atoms with van der Waals surface area (Å²) in [7, 11) is 0. The second-order valence-corrected chi connectivity index (χ2v) is 5.15. The van der Waals surface area contributed by atoms with Gasteiger partial charge in [-0.25, -0.2) is 4.79 Å². The van der Waals surface area contributed by atoms with Crippen LogP contribution < -0.4 is 10.1 Å². The maximum atomic E-state index is 12.1. The number of anilines is 1. The number of nitrogens with one attached hydrogen (secondary N) is 1. The molecule has 1 rings (SSSR count). The Morgan fingerprint density at radius 2 is 1.80 bits per heavy atom. The van der Waals surface area contributed by atoms with Crippen molar-refractivity contribution in [2.45, 2.75) is 39.7 Å². The van der Waals surface area contributed by atoms with Crippen LogP contribution in [-0.2, 0) is 4.74 Å². The van der Waals surface area contributed by atoms with Gasteiger partial charge in [-0.2, -0.15) is 0 Å². The first-order chi connectivity index (χ1) is 8.96. The van der Waals surface area contributed by atoms with Crippen LogP contribution in [0.3, 0.4) is 0 Å². The summed E-state index contributed by atoms with van der Waals surface area (Å²) in [6, 6.07) is 3.67. The molecule has 0 aromatic heterocycles. The standard InChI is InChI=1S/C13H16F3NO3/c1-8-5-6-9(19-13(14,15)16)7-10(8)17-11(18)20-12(2,3)4/h5-7H,1-4H3,(H,17,18). The highest BCUT2D eigenvalue weighted by atomic mass is 19.4. The topological polar surface area (TPSA) is 47.6 Å². The summed E-state index contributed by atoms with van der Waals surface area (Å²) in [5.74, 6) is -0.408. The van der Waals surface area contributed by atoms with Gasteiger partial charge >= 0.3 is 12.5 Å². The Bertz CT molecular complexity index is 493. The highest BCUT2D eigenvalue weighted by Crippen LogP contribution is 2.27. The van der Waals surface area contributed by atoms with E-state index in [-0.39, 0.29) is 5.69 Å². The first-order valence-electron chi connectivity index (χ1n) is 5.83. The molecular weight excluding hydrogens is 275 g/mol. The van der Waals surface area contributed by atoms with Gasteiger partial charge in [0.05, 0.1) is 5.69 Å². The van der Waals surface area contributed by atoms with Crippen molar-refractivity contribution in [1.29, 1.82) is 0 Å². The lowest BCUT2D eigenvalue weighted by molar-refractivity contribution is -0.274. The fourth-order valence-corrected chi connectivity index (χ4v) is 1.35. The van der Waals surface area contributed by atoms with Gasteiger partial charge in [-0.05, 0) is 39.3 Å². The van der Waals surface area contributed by atoms with Crippen LogP contribution >= 0.6 is 0 Å². The minimum atomic E-state index is -4.78. The van der Waals surface area contributed by atoms with Crippen molar-refractivity contribution in [3.8, 4) is 5.75 Å². The van der Waals surface area contributed by atoms with Crippen molar-refractivity contribution < 1.29 is 27.4 Å². The summed E-state index contributed by atoms with van der Waals surface area (Å²) >= 11 is 0. The molecular formula is C13H16F3NO3. The first kappa shape index (κ1) is 16.1. The Morgan fingerprint density at radius 1 is 1.20 bits per heavy atom. The van der Waals surface area contributed by atoms with Crippen LogP contribution in [0.4, 0.5) is 23.7 Å². The minimum absolute atomic E-state index is 0.195. The summed E-state index contributed by atoms with van der Waals surface area (Å²) < 4.78 is 45.2. The predicted molar refractivity (Wildman–Crippen MR) is 67.7 cm³/mol. The van der Waals surface area contributed by atoms with E-state index in [1.54, 1.807) is 27.7 Å². The summed E-state index contributed by atoms with van der Waals surface area (Å²) in [6.45, 7) is 6.69. The third kappa shape index (κ3) is 5.81. The van der Waals surface area contributed by atoms with Crippen molar-refractivity contribution in [1.82, 2.24) is 0 Å². The fourth-order valence-electron chi connectivity index (χ4n) is 1.35. The molecule has 0 spiro atoms. The molecule has 0 aliphatic heterocycles. The third-order valence-electron chi connectivity index (χ3n) is 2.08. The summed E-state index contributed by atoms with van der Waals surface area (Å²) in [6.07, 6.45) is -5.52. The number of halogens is 3.